The molecule has 0 aliphatic heterocycles. The van der Waals surface area contributed by atoms with Crippen molar-refractivity contribution in [3.8, 4) is 11.5 Å². The number of carbonyl (C=O) groups is 1. The highest BCUT2D eigenvalue weighted by molar-refractivity contribution is 5.91. The van der Waals surface area contributed by atoms with E-state index in [1.54, 1.807) is 12.1 Å². The normalized spacial score (nSPS) is 10.6. The molecule has 2 heterocycles. The summed E-state index contributed by atoms with van der Waals surface area (Å²) in [7, 11) is 0. The number of rotatable bonds is 10. The lowest BCUT2D eigenvalue weighted by Gasteiger charge is -2.06. The molecule has 0 saturated heterocycles. The van der Waals surface area contributed by atoms with E-state index in [0.717, 1.165) is 24.4 Å². The maximum absolute atomic E-state index is 12.2. The molecular weight excluding hydrogens is 358 g/mol. The van der Waals surface area contributed by atoms with Crippen molar-refractivity contribution in [3.05, 3.63) is 65.9 Å². The Labute approximate surface area is 164 Å². The molecule has 28 heavy (non-hydrogen) atoms. The van der Waals surface area contributed by atoms with Gasteiger partial charge in [0.15, 0.2) is 5.76 Å². The van der Waals surface area contributed by atoms with Crippen LogP contribution in [0.2, 0.25) is 0 Å². The number of ether oxygens (including phenoxy) is 2. The fraction of sp³-hybridized carbons (Fsp3) is 0.333. The van der Waals surface area contributed by atoms with E-state index in [4.69, 9.17) is 13.9 Å². The molecule has 7 nitrogen and oxygen atoms in total. The van der Waals surface area contributed by atoms with Crippen LogP contribution in [-0.2, 0) is 13.2 Å². The minimum atomic E-state index is -0.232. The second-order valence-corrected chi connectivity index (χ2v) is 6.29. The van der Waals surface area contributed by atoms with Crippen LogP contribution in [0.4, 0.5) is 0 Å². The van der Waals surface area contributed by atoms with Crippen molar-refractivity contribution in [2.24, 2.45) is 0 Å². The van der Waals surface area contributed by atoms with Gasteiger partial charge in [0.2, 0.25) is 0 Å². The number of aromatic nitrogens is 2. The van der Waals surface area contributed by atoms with Crippen LogP contribution in [0.5, 0.6) is 11.5 Å². The molecule has 0 fully saturated rings. The lowest BCUT2D eigenvalue weighted by atomic mass is 10.3. The molecule has 0 atom stereocenters. The van der Waals surface area contributed by atoms with E-state index in [-0.39, 0.29) is 18.3 Å². The van der Waals surface area contributed by atoms with E-state index < -0.39 is 0 Å². The monoisotopic (exact) mass is 383 g/mol. The molecule has 1 N–H and O–H groups in total. The zero-order chi connectivity index (χ0) is 19.8. The summed E-state index contributed by atoms with van der Waals surface area (Å²) in [4.78, 5) is 12.2. The molecule has 148 valence electrons. The van der Waals surface area contributed by atoms with Gasteiger partial charge < -0.3 is 19.2 Å². The molecular formula is C21H25N3O4. The number of benzene rings is 1. The lowest BCUT2D eigenvalue weighted by Crippen LogP contribution is -2.24. The third-order valence-electron chi connectivity index (χ3n) is 4.02. The van der Waals surface area contributed by atoms with Crippen molar-refractivity contribution in [2.75, 3.05) is 13.2 Å². The first-order valence-electron chi connectivity index (χ1n) is 9.36. The average Bonchev–Trinajstić information content (AvgIpc) is 3.34. The fourth-order valence-corrected chi connectivity index (χ4v) is 2.65. The summed E-state index contributed by atoms with van der Waals surface area (Å²) in [5, 5.41) is 7.17. The zero-order valence-electron chi connectivity index (χ0n) is 16.2. The van der Waals surface area contributed by atoms with Gasteiger partial charge in [0.1, 0.15) is 23.9 Å². The fourth-order valence-electron chi connectivity index (χ4n) is 2.65. The largest absolute Gasteiger partial charge is 0.494 e. The van der Waals surface area contributed by atoms with Gasteiger partial charge >= 0.3 is 0 Å². The average molecular weight is 383 g/mol. The number of hydrogen-bond donors (Lipinski definition) is 1. The second kappa shape index (κ2) is 9.64. The molecule has 1 amide bonds. The van der Waals surface area contributed by atoms with Gasteiger partial charge in [0, 0.05) is 19.3 Å². The number of furan rings is 1. The zero-order valence-corrected chi connectivity index (χ0v) is 16.2. The minimum Gasteiger partial charge on any atom is -0.494 e. The van der Waals surface area contributed by atoms with E-state index in [1.165, 1.54) is 0 Å². The maximum Gasteiger partial charge on any atom is 0.286 e. The number of aryl methyl sites for hydroxylation is 2. The van der Waals surface area contributed by atoms with Crippen LogP contribution in [0.25, 0.3) is 0 Å². The Morgan fingerprint density at radius 3 is 2.54 bits per heavy atom. The molecule has 7 heteroatoms. The number of amides is 1. The number of nitrogens with zero attached hydrogens (tertiary/aromatic N) is 2. The third kappa shape index (κ3) is 5.64. The molecule has 2 aromatic heterocycles. The van der Waals surface area contributed by atoms with Gasteiger partial charge in [-0.1, -0.05) is 0 Å². The van der Waals surface area contributed by atoms with Gasteiger partial charge in [-0.15, -0.1) is 0 Å². The van der Waals surface area contributed by atoms with Gasteiger partial charge in [-0.25, -0.2) is 0 Å². The standard InChI is InChI=1S/C21H25N3O4/c1-3-26-17-5-7-18(8-6-17)27-15-19-9-10-20(28-19)21(25)22-12-4-13-24-14-11-16(2)23-24/h5-11,14H,3-4,12-13,15H2,1-2H3,(H,22,25). The molecule has 3 rings (SSSR count). The van der Waals surface area contributed by atoms with Crippen LogP contribution >= 0.6 is 0 Å². The second-order valence-electron chi connectivity index (χ2n) is 6.29. The number of nitrogens with one attached hydrogen (secondary N) is 1. The van der Waals surface area contributed by atoms with Crippen LogP contribution in [0.15, 0.2) is 53.1 Å². The molecule has 0 spiro atoms. The summed E-state index contributed by atoms with van der Waals surface area (Å²) < 4.78 is 18.5. The van der Waals surface area contributed by atoms with Crippen molar-refractivity contribution in [1.82, 2.24) is 15.1 Å². The van der Waals surface area contributed by atoms with E-state index in [1.807, 2.05) is 55.1 Å². The Morgan fingerprint density at radius 1 is 1.11 bits per heavy atom. The van der Waals surface area contributed by atoms with E-state index in [0.29, 0.717) is 24.7 Å². The number of carbonyl (C=O) groups excluding carboxylic acids is 1. The van der Waals surface area contributed by atoms with Crippen molar-refractivity contribution >= 4 is 5.91 Å². The van der Waals surface area contributed by atoms with Crippen LogP contribution in [0, 0.1) is 6.92 Å². The Kier molecular flexibility index (Phi) is 6.73. The Morgan fingerprint density at radius 2 is 1.86 bits per heavy atom. The van der Waals surface area contributed by atoms with Gasteiger partial charge in [-0.2, -0.15) is 5.10 Å². The van der Waals surface area contributed by atoms with Crippen LogP contribution in [0.3, 0.4) is 0 Å². The Balaban J connectivity index is 1.40. The van der Waals surface area contributed by atoms with Gasteiger partial charge in [-0.05, 0) is 62.7 Å². The first-order valence-corrected chi connectivity index (χ1v) is 9.36. The number of hydrogen-bond acceptors (Lipinski definition) is 5. The summed E-state index contributed by atoms with van der Waals surface area (Å²) in [6.07, 6.45) is 2.72. The highest BCUT2D eigenvalue weighted by Gasteiger charge is 2.11. The van der Waals surface area contributed by atoms with Crippen LogP contribution < -0.4 is 14.8 Å². The summed E-state index contributed by atoms with van der Waals surface area (Å²) >= 11 is 0. The van der Waals surface area contributed by atoms with Gasteiger partial charge in [-0.3, -0.25) is 9.48 Å². The van der Waals surface area contributed by atoms with Gasteiger partial charge in [0.05, 0.1) is 12.3 Å². The van der Waals surface area contributed by atoms with Crippen molar-refractivity contribution in [2.45, 2.75) is 33.4 Å². The van der Waals surface area contributed by atoms with Crippen molar-refractivity contribution in [3.63, 3.8) is 0 Å². The Hall–Kier alpha value is -3.22. The van der Waals surface area contributed by atoms with E-state index >= 15 is 0 Å². The van der Waals surface area contributed by atoms with Crippen molar-refractivity contribution in [1.29, 1.82) is 0 Å². The summed E-state index contributed by atoms with van der Waals surface area (Å²) in [5.41, 5.74) is 0.986. The molecule has 0 unspecified atom stereocenters. The molecule has 0 saturated carbocycles. The Bertz CT molecular complexity index is 883. The molecule has 0 aliphatic rings. The molecule has 0 aliphatic carbocycles. The summed E-state index contributed by atoms with van der Waals surface area (Å²) in [6.45, 7) is 6.08. The summed E-state index contributed by atoms with van der Waals surface area (Å²) in [5.74, 6) is 2.14. The highest BCUT2D eigenvalue weighted by atomic mass is 16.5. The molecule has 3 aromatic rings. The molecule has 0 bridgehead atoms. The predicted molar refractivity (Wildman–Crippen MR) is 105 cm³/mol. The topological polar surface area (TPSA) is 78.5 Å². The third-order valence-corrected chi connectivity index (χ3v) is 4.02. The van der Waals surface area contributed by atoms with Gasteiger partial charge in [0.25, 0.3) is 5.91 Å². The molecule has 0 radical (unpaired) electrons. The van der Waals surface area contributed by atoms with E-state index in [2.05, 4.69) is 10.4 Å². The predicted octanol–water partition coefficient (Wildman–Crippen LogP) is 3.58. The van der Waals surface area contributed by atoms with Crippen LogP contribution in [-0.4, -0.2) is 28.8 Å². The van der Waals surface area contributed by atoms with Crippen molar-refractivity contribution < 1.29 is 18.7 Å². The maximum atomic E-state index is 12.2. The first-order chi connectivity index (χ1) is 13.6. The molecule has 1 aromatic carbocycles. The summed E-state index contributed by atoms with van der Waals surface area (Å²) in [6, 6.07) is 12.7. The van der Waals surface area contributed by atoms with Crippen LogP contribution in [0.1, 0.15) is 35.4 Å². The first kappa shape index (κ1) is 19.5. The highest BCUT2D eigenvalue weighted by Crippen LogP contribution is 2.19. The lowest BCUT2D eigenvalue weighted by molar-refractivity contribution is 0.0920. The quantitative estimate of drug-likeness (QED) is 0.542. The minimum absolute atomic E-state index is 0.232. The smallest absolute Gasteiger partial charge is 0.286 e. The van der Waals surface area contributed by atoms with E-state index in [9.17, 15) is 4.79 Å². The SMILES string of the molecule is CCOc1ccc(OCc2ccc(C(=O)NCCCn3ccc(C)n3)o2)cc1.